The standard InChI is InChI=1S/C19H20N2O3S/c1-18(2,3)19(23)10-24-9-13-12-8-14(11-4-6-20-7-5-11)25-15(12)17(22)21-16(13)19/h4-8,23H,9-10H2,1-3H3,(H,21,22). The van der Waals surface area contributed by atoms with Crippen molar-refractivity contribution in [1.82, 2.24) is 9.97 Å². The van der Waals surface area contributed by atoms with Gasteiger partial charge >= 0.3 is 0 Å². The molecule has 0 fully saturated rings. The van der Waals surface area contributed by atoms with Crippen molar-refractivity contribution in [1.29, 1.82) is 0 Å². The molecule has 1 aliphatic rings. The van der Waals surface area contributed by atoms with E-state index in [2.05, 4.69) is 9.97 Å². The number of H-pyrrole nitrogens is 1. The second kappa shape index (κ2) is 5.49. The summed E-state index contributed by atoms with van der Waals surface area (Å²) in [6.45, 7) is 6.40. The van der Waals surface area contributed by atoms with Gasteiger partial charge in [-0.1, -0.05) is 20.8 Å². The molecule has 0 spiro atoms. The first-order valence-corrected chi connectivity index (χ1v) is 9.02. The van der Waals surface area contributed by atoms with Crippen LogP contribution in [0.2, 0.25) is 0 Å². The zero-order chi connectivity index (χ0) is 17.8. The van der Waals surface area contributed by atoms with E-state index in [0.717, 1.165) is 21.4 Å². The van der Waals surface area contributed by atoms with Crippen molar-refractivity contribution in [3.8, 4) is 10.4 Å². The summed E-state index contributed by atoms with van der Waals surface area (Å²) in [5, 5.41) is 12.1. The lowest BCUT2D eigenvalue weighted by Crippen LogP contribution is -2.48. The Balaban J connectivity index is 2.00. The molecule has 1 aliphatic heterocycles. The van der Waals surface area contributed by atoms with E-state index in [1.165, 1.54) is 11.3 Å². The molecule has 4 heterocycles. The van der Waals surface area contributed by atoms with Crippen molar-refractivity contribution in [2.75, 3.05) is 6.61 Å². The number of aliphatic hydroxyl groups is 1. The van der Waals surface area contributed by atoms with Gasteiger partial charge in [-0.3, -0.25) is 9.78 Å². The Bertz CT molecular complexity index is 1000. The maximum Gasteiger partial charge on any atom is 0.266 e. The predicted molar refractivity (Wildman–Crippen MR) is 98.7 cm³/mol. The number of ether oxygens (including phenoxy) is 1. The second-order valence-electron chi connectivity index (χ2n) is 7.50. The highest BCUT2D eigenvalue weighted by molar-refractivity contribution is 7.22. The van der Waals surface area contributed by atoms with Gasteiger partial charge in [-0.2, -0.15) is 0 Å². The van der Waals surface area contributed by atoms with Gasteiger partial charge in [0.25, 0.3) is 5.56 Å². The van der Waals surface area contributed by atoms with Gasteiger partial charge in [0, 0.05) is 28.2 Å². The summed E-state index contributed by atoms with van der Waals surface area (Å²) in [5.74, 6) is 0. The molecule has 0 aliphatic carbocycles. The SMILES string of the molecule is CC(C)(C)C1(O)COCc2c1[nH]c(=O)c1sc(-c3ccncc3)cc21. The van der Waals surface area contributed by atoms with Crippen molar-refractivity contribution in [3.63, 3.8) is 0 Å². The number of nitrogens with one attached hydrogen (secondary N) is 1. The van der Waals surface area contributed by atoms with Crippen LogP contribution in [0.3, 0.4) is 0 Å². The minimum Gasteiger partial charge on any atom is -0.381 e. The van der Waals surface area contributed by atoms with E-state index >= 15 is 0 Å². The molecule has 0 amide bonds. The van der Waals surface area contributed by atoms with Gasteiger partial charge < -0.3 is 14.8 Å². The topological polar surface area (TPSA) is 75.2 Å². The van der Waals surface area contributed by atoms with Gasteiger partial charge in [0.2, 0.25) is 0 Å². The molecule has 0 bridgehead atoms. The summed E-state index contributed by atoms with van der Waals surface area (Å²) in [7, 11) is 0. The third-order valence-electron chi connectivity index (χ3n) is 4.98. The molecule has 4 rings (SSSR count). The molecular weight excluding hydrogens is 336 g/mol. The Morgan fingerprint density at radius 1 is 1.32 bits per heavy atom. The van der Waals surface area contributed by atoms with Crippen LogP contribution >= 0.6 is 11.3 Å². The number of rotatable bonds is 1. The van der Waals surface area contributed by atoms with Crippen LogP contribution in [0.5, 0.6) is 0 Å². The molecule has 2 N–H and O–H groups in total. The molecular formula is C19H20N2O3S. The third-order valence-corrected chi connectivity index (χ3v) is 6.16. The molecule has 25 heavy (non-hydrogen) atoms. The zero-order valence-electron chi connectivity index (χ0n) is 14.4. The van der Waals surface area contributed by atoms with Gasteiger partial charge in [0.05, 0.1) is 18.9 Å². The van der Waals surface area contributed by atoms with E-state index in [4.69, 9.17) is 4.74 Å². The van der Waals surface area contributed by atoms with Crippen LogP contribution in [-0.4, -0.2) is 21.7 Å². The monoisotopic (exact) mass is 356 g/mol. The van der Waals surface area contributed by atoms with E-state index < -0.39 is 11.0 Å². The van der Waals surface area contributed by atoms with Crippen LogP contribution in [0.1, 0.15) is 32.0 Å². The van der Waals surface area contributed by atoms with Crippen molar-refractivity contribution < 1.29 is 9.84 Å². The lowest BCUT2D eigenvalue weighted by Gasteiger charge is -2.43. The molecule has 1 atom stereocenters. The van der Waals surface area contributed by atoms with Crippen molar-refractivity contribution in [2.24, 2.45) is 5.41 Å². The zero-order valence-corrected chi connectivity index (χ0v) is 15.2. The normalized spacial score (nSPS) is 20.6. The van der Waals surface area contributed by atoms with Crippen LogP contribution in [0.15, 0.2) is 35.4 Å². The molecule has 130 valence electrons. The minimum atomic E-state index is -1.23. The minimum absolute atomic E-state index is 0.163. The average molecular weight is 356 g/mol. The fraction of sp³-hybridized carbons (Fsp3) is 0.368. The molecule has 5 nitrogen and oxygen atoms in total. The van der Waals surface area contributed by atoms with Crippen LogP contribution in [0.4, 0.5) is 0 Å². The van der Waals surface area contributed by atoms with Crippen LogP contribution in [0.25, 0.3) is 20.5 Å². The molecule has 6 heteroatoms. The first-order valence-electron chi connectivity index (χ1n) is 8.21. The number of pyridine rings is 2. The second-order valence-corrected chi connectivity index (χ2v) is 8.55. The summed E-state index contributed by atoms with van der Waals surface area (Å²) in [6.07, 6.45) is 3.47. The number of nitrogens with zero attached hydrogens (tertiary/aromatic N) is 1. The van der Waals surface area contributed by atoms with E-state index in [-0.39, 0.29) is 12.2 Å². The van der Waals surface area contributed by atoms with E-state index in [0.29, 0.717) is 17.0 Å². The number of aromatic amines is 1. The first kappa shape index (κ1) is 16.4. The van der Waals surface area contributed by atoms with E-state index in [9.17, 15) is 9.90 Å². The Morgan fingerprint density at radius 2 is 2.04 bits per heavy atom. The summed E-state index contributed by atoms with van der Waals surface area (Å²) in [6, 6.07) is 5.86. The number of thiophene rings is 1. The van der Waals surface area contributed by atoms with Gasteiger partial charge in [-0.05, 0) is 29.2 Å². The highest BCUT2D eigenvalue weighted by Crippen LogP contribution is 2.45. The van der Waals surface area contributed by atoms with Gasteiger partial charge in [-0.25, -0.2) is 0 Å². The maximum atomic E-state index is 12.7. The van der Waals surface area contributed by atoms with Crippen molar-refractivity contribution >= 4 is 21.4 Å². The number of hydrogen-bond acceptors (Lipinski definition) is 5. The number of fused-ring (bicyclic) bond motifs is 3. The summed E-state index contributed by atoms with van der Waals surface area (Å²) in [5.41, 5.74) is 0.614. The quantitative estimate of drug-likeness (QED) is 0.701. The molecule has 0 radical (unpaired) electrons. The van der Waals surface area contributed by atoms with Crippen LogP contribution < -0.4 is 5.56 Å². The van der Waals surface area contributed by atoms with E-state index in [1.54, 1.807) is 12.4 Å². The van der Waals surface area contributed by atoms with Crippen molar-refractivity contribution in [3.05, 3.63) is 52.2 Å². The Hall–Kier alpha value is -2.02. The highest BCUT2D eigenvalue weighted by Gasteiger charge is 2.47. The first-order chi connectivity index (χ1) is 11.8. The molecule has 0 saturated heterocycles. The molecule has 0 saturated carbocycles. The lowest BCUT2D eigenvalue weighted by molar-refractivity contribution is -0.139. The predicted octanol–water partition coefficient (Wildman–Crippen LogP) is 3.42. The van der Waals surface area contributed by atoms with E-state index in [1.807, 2.05) is 39.0 Å². The Kier molecular flexibility index (Phi) is 3.61. The largest absolute Gasteiger partial charge is 0.381 e. The van der Waals surface area contributed by atoms with Gasteiger partial charge in [-0.15, -0.1) is 11.3 Å². The third kappa shape index (κ3) is 2.44. The average Bonchev–Trinajstić information content (AvgIpc) is 3.02. The Morgan fingerprint density at radius 3 is 2.72 bits per heavy atom. The highest BCUT2D eigenvalue weighted by atomic mass is 32.1. The van der Waals surface area contributed by atoms with Gasteiger partial charge in [0.1, 0.15) is 10.3 Å². The maximum absolute atomic E-state index is 12.7. The van der Waals surface area contributed by atoms with Crippen LogP contribution in [-0.2, 0) is 16.9 Å². The smallest absolute Gasteiger partial charge is 0.266 e. The summed E-state index contributed by atoms with van der Waals surface area (Å²) < 4.78 is 6.38. The molecule has 3 aromatic rings. The fourth-order valence-corrected chi connectivity index (χ4v) is 4.38. The molecule has 3 aromatic heterocycles. The lowest BCUT2D eigenvalue weighted by atomic mass is 9.72. The number of aromatic nitrogens is 2. The van der Waals surface area contributed by atoms with Gasteiger partial charge in [0.15, 0.2) is 0 Å². The summed E-state index contributed by atoms with van der Waals surface area (Å²) >= 11 is 1.45. The molecule has 0 aromatic carbocycles. The summed E-state index contributed by atoms with van der Waals surface area (Å²) in [4.78, 5) is 20.7. The Labute approximate surface area is 149 Å². The number of hydrogen-bond donors (Lipinski definition) is 2. The van der Waals surface area contributed by atoms with Crippen LogP contribution in [0, 0.1) is 5.41 Å². The fourth-order valence-electron chi connectivity index (χ4n) is 3.29. The molecule has 1 unspecified atom stereocenters. The van der Waals surface area contributed by atoms with Crippen molar-refractivity contribution in [2.45, 2.75) is 33.0 Å².